The molecule has 0 amide bonds. The lowest BCUT2D eigenvalue weighted by atomic mass is 10.0. The molecule has 0 fully saturated rings. The van der Waals surface area contributed by atoms with Crippen molar-refractivity contribution in [2.75, 3.05) is 5.73 Å². The van der Waals surface area contributed by atoms with Crippen molar-refractivity contribution < 1.29 is 0 Å². The van der Waals surface area contributed by atoms with E-state index < -0.39 is 0 Å². The Morgan fingerprint density at radius 2 is 1.93 bits per heavy atom. The van der Waals surface area contributed by atoms with Gasteiger partial charge in [0, 0.05) is 17.4 Å². The van der Waals surface area contributed by atoms with Gasteiger partial charge in [0.25, 0.3) is 0 Å². The summed E-state index contributed by atoms with van der Waals surface area (Å²) in [5, 5.41) is 0. The van der Waals surface area contributed by atoms with Crippen molar-refractivity contribution in [3.05, 3.63) is 47.7 Å². The molecular weight excluding hydrogens is 184 g/mol. The van der Waals surface area contributed by atoms with Crippen LogP contribution in [0.1, 0.15) is 11.1 Å². The lowest BCUT2D eigenvalue weighted by molar-refractivity contribution is 1.30. The molecule has 1 aromatic carbocycles. The standard InChI is InChI=1S/C13H14N2/c1-9-7-11(8-12(14)10(9)2)13-5-3-4-6-15-13/h3-8H,14H2,1-2H3. The van der Waals surface area contributed by atoms with Crippen LogP contribution in [0.4, 0.5) is 5.69 Å². The number of anilines is 1. The summed E-state index contributed by atoms with van der Waals surface area (Å²) in [7, 11) is 0. The Labute approximate surface area is 89.8 Å². The Morgan fingerprint density at radius 3 is 2.53 bits per heavy atom. The molecule has 1 heterocycles. The second-order valence-electron chi connectivity index (χ2n) is 3.72. The molecule has 0 bridgehead atoms. The minimum atomic E-state index is 0.829. The van der Waals surface area contributed by atoms with Crippen LogP contribution < -0.4 is 5.73 Å². The van der Waals surface area contributed by atoms with Gasteiger partial charge in [0.1, 0.15) is 0 Å². The first-order valence-corrected chi connectivity index (χ1v) is 4.96. The van der Waals surface area contributed by atoms with Crippen molar-refractivity contribution in [1.82, 2.24) is 4.98 Å². The van der Waals surface area contributed by atoms with E-state index in [2.05, 4.69) is 18.0 Å². The molecule has 15 heavy (non-hydrogen) atoms. The lowest BCUT2D eigenvalue weighted by Crippen LogP contribution is -1.94. The van der Waals surface area contributed by atoms with E-state index in [1.165, 1.54) is 5.56 Å². The first-order valence-electron chi connectivity index (χ1n) is 4.96. The summed E-state index contributed by atoms with van der Waals surface area (Å²) in [6.07, 6.45) is 1.79. The SMILES string of the molecule is Cc1cc(-c2ccccn2)cc(N)c1C. The molecular formula is C13H14N2. The van der Waals surface area contributed by atoms with Crippen molar-refractivity contribution in [1.29, 1.82) is 0 Å². The zero-order valence-corrected chi connectivity index (χ0v) is 8.99. The number of nitrogens with zero attached hydrogens (tertiary/aromatic N) is 1. The largest absolute Gasteiger partial charge is 0.398 e. The summed E-state index contributed by atoms with van der Waals surface area (Å²) < 4.78 is 0. The van der Waals surface area contributed by atoms with Crippen molar-refractivity contribution in [2.45, 2.75) is 13.8 Å². The maximum Gasteiger partial charge on any atom is 0.0702 e. The topological polar surface area (TPSA) is 38.9 Å². The summed E-state index contributed by atoms with van der Waals surface area (Å²) in [4.78, 5) is 4.31. The van der Waals surface area contributed by atoms with Crippen LogP contribution in [0.3, 0.4) is 0 Å². The van der Waals surface area contributed by atoms with E-state index in [0.29, 0.717) is 0 Å². The maximum atomic E-state index is 5.93. The maximum absolute atomic E-state index is 5.93. The molecule has 0 saturated carbocycles. The van der Waals surface area contributed by atoms with Crippen LogP contribution in [-0.4, -0.2) is 4.98 Å². The van der Waals surface area contributed by atoms with E-state index in [1.807, 2.05) is 31.2 Å². The molecule has 2 heteroatoms. The molecule has 2 aromatic rings. The highest BCUT2D eigenvalue weighted by Crippen LogP contribution is 2.24. The van der Waals surface area contributed by atoms with E-state index in [4.69, 9.17) is 5.73 Å². The Morgan fingerprint density at radius 1 is 1.13 bits per heavy atom. The smallest absolute Gasteiger partial charge is 0.0702 e. The number of pyridine rings is 1. The summed E-state index contributed by atoms with van der Waals surface area (Å²) in [6, 6.07) is 9.98. The predicted molar refractivity (Wildman–Crippen MR) is 63.6 cm³/mol. The van der Waals surface area contributed by atoms with Crippen molar-refractivity contribution >= 4 is 5.69 Å². The molecule has 0 radical (unpaired) electrons. The highest BCUT2D eigenvalue weighted by atomic mass is 14.7. The lowest BCUT2D eigenvalue weighted by Gasteiger charge is -2.08. The Balaban J connectivity index is 2.56. The van der Waals surface area contributed by atoms with Crippen molar-refractivity contribution in [3.63, 3.8) is 0 Å². The van der Waals surface area contributed by atoms with Crippen LogP contribution >= 0.6 is 0 Å². The number of aryl methyl sites for hydroxylation is 1. The summed E-state index contributed by atoms with van der Waals surface area (Å²) in [6.45, 7) is 4.10. The summed E-state index contributed by atoms with van der Waals surface area (Å²) in [5.41, 5.74) is 11.2. The molecule has 0 aliphatic carbocycles. The molecule has 1 aromatic heterocycles. The second kappa shape index (κ2) is 3.73. The second-order valence-corrected chi connectivity index (χ2v) is 3.72. The van der Waals surface area contributed by atoms with Gasteiger partial charge in [-0.25, -0.2) is 0 Å². The van der Waals surface area contributed by atoms with E-state index in [9.17, 15) is 0 Å². The van der Waals surface area contributed by atoms with Crippen molar-refractivity contribution in [2.24, 2.45) is 0 Å². The molecule has 76 valence electrons. The average molecular weight is 198 g/mol. The summed E-state index contributed by atoms with van der Waals surface area (Å²) >= 11 is 0. The minimum absolute atomic E-state index is 0.829. The zero-order valence-electron chi connectivity index (χ0n) is 8.99. The van der Waals surface area contributed by atoms with Gasteiger partial charge in [-0.15, -0.1) is 0 Å². The van der Waals surface area contributed by atoms with Crippen LogP contribution in [0.25, 0.3) is 11.3 Å². The quantitative estimate of drug-likeness (QED) is 0.715. The fraction of sp³-hybridized carbons (Fsp3) is 0.154. The highest BCUT2D eigenvalue weighted by Gasteiger charge is 2.03. The third kappa shape index (κ3) is 1.84. The predicted octanol–water partition coefficient (Wildman–Crippen LogP) is 2.95. The minimum Gasteiger partial charge on any atom is -0.398 e. The molecule has 2 nitrogen and oxygen atoms in total. The third-order valence-corrected chi connectivity index (χ3v) is 2.67. The Kier molecular flexibility index (Phi) is 2.42. The van der Waals surface area contributed by atoms with Gasteiger partial charge in [-0.05, 0) is 49.2 Å². The number of nitrogens with two attached hydrogens (primary N) is 1. The van der Waals surface area contributed by atoms with Gasteiger partial charge >= 0.3 is 0 Å². The van der Waals surface area contributed by atoms with Crippen LogP contribution in [-0.2, 0) is 0 Å². The van der Waals surface area contributed by atoms with Crippen molar-refractivity contribution in [3.8, 4) is 11.3 Å². The van der Waals surface area contributed by atoms with Gasteiger partial charge in [0.2, 0.25) is 0 Å². The molecule has 0 aliphatic rings. The van der Waals surface area contributed by atoms with E-state index in [1.54, 1.807) is 6.20 Å². The molecule has 0 spiro atoms. The van der Waals surface area contributed by atoms with Gasteiger partial charge in [-0.3, -0.25) is 4.98 Å². The van der Waals surface area contributed by atoms with Crippen LogP contribution in [0.2, 0.25) is 0 Å². The highest BCUT2D eigenvalue weighted by molar-refractivity contribution is 5.67. The third-order valence-electron chi connectivity index (χ3n) is 2.67. The number of hydrogen-bond donors (Lipinski definition) is 1. The van der Waals surface area contributed by atoms with E-state index in [-0.39, 0.29) is 0 Å². The van der Waals surface area contributed by atoms with Gasteiger partial charge in [-0.2, -0.15) is 0 Å². The van der Waals surface area contributed by atoms with Gasteiger partial charge < -0.3 is 5.73 Å². The van der Waals surface area contributed by atoms with Crippen LogP contribution in [0.15, 0.2) is 36.5 Å². The zero-order chi connectivity index (χ0) is 10.8. The molecule has 0 atom stereocenters. The van der Waals surface area contributed by atoms with E-state index >= 15 is 0 Å². The number of nitrogen functional groups attached to an aromatic ring is 1. The number of hydrogen-bond acceptors (Lipinski definition) is 2. The van der Waals surface area contributed by atoms with Gasteiger partial charge in [0.05, 0.1) is 5.69 Å². The fourth-order valence-corrected chi connectivity index (χ4v) is 1.57. The normalized spacial score (nSPS) is 10.3. The molecule has 2 N–H and O–H groups in total. The average Bonchev–Trinajstić information content (AvgIpc) is 2.26. The first kappa shape index (κ1) is 9.71. The van der Waals surface area contributed by atoms with Crippen LogP contribution in [0, 0.1) is 13.8 Å². The van der Waals surface area contributed by atoms with Crippen LogP contribution in [0.5, 0.6) is 0 Å². The Bertz CT molecular complexity index is 452. The van der Waals surface area contributed by atoms with E-state index in [0.717, 1.165) is 22.5 Å². The van der Waals surface area contributed by atoms with Gasteiger partial charge in [0.15, 0.2) is 0 Å². The summed E-state index contributed by atoms with van der Waals surface area (Å²) in [5.74, 6) is 0. The Hall–Kier alpha value is -1.83. The number of rotatable bonds is 1. The monoisotopic (exact) mass is 198 g/mol. The fourth-order valence-electron chi connectivity index (χ4n) is 1.57. The number of benzene rings is 1. The molecule has 0 aliphatic heterocycles. The molecule has 0 saturated heterocycles. The molecule has 0 unspecified atom stereocenters. The number of aromatic nitrogens is 1. The van der Waals surface area contributed by atoms with Gasteiger partial charge in [-0.1, -0.05) is 6.07 Å². The molecule has 2 rings (SSSR count). The first-order chi connectivity index (χ1) is 7.18.